The highest BCUT2D eigenvalue weighted by Crippen LogP contribution is 2.38. The van der Waals surface area contributed by atoms with Gasteiger partial charge in [-0.15, -0.1) is 0 Å². The molecule has 1 aliphatic heterocycles. The van der Waals surface area contributed by atoms with E-state index in [9.17, 15) is 0 Å². The molecule has 0 spiro atoms. The molecule has 0 radical (unpaired) electrons. The van der Waals surface area contributed by atoms with Crippen LogP contribution in [0.5, 0.6) is 0 Å². The standard InChI is InChI=1S/C13H21N3O/c1-2-5-12-15-13(17-16-12)11-8-9-6-3-4-7-10(9)14-11/h9-11,14H,2-8H2,1H3. The molecule has 4 heteroatoms. The summed E-state index contributed by atoms with van der Waals surface area (Å²) in [6.07, 6.45) is 8.61. The van der Waals surface area contributed by atoms with Crippen molar-refractivity contribution in [3.8, 4) is 0 Å². The van der Waals surface area contributed by atoms with Crippen molar-refractivity contribution < 1.29 is 4.52 Å². The number of aryl methyl sites for hydroxylation is 1. The lowest BCUT2D eigenvalue weighted by molar-refractivity contribution is 0.324. The van der Waals surface area contributed by atoms with Crippen molar-refractivity contribution in [2.45, 2.75) is 64.0 Å². The van der Waals surface area contributed by atoms with Crippen LogP contribution in [0.2, 0.25) is 0 Å². The van der Waals surface area contributed by atoms with Gasteiger partial charge in [-0.3, -0.25) is 0 Å². The van der Waals surface area contributed by atoms with Gasteiger partial charge < -0.3 is 9.84 Å². The highest BCUT2D eigenvalue weighted by atomic mass is 16.5. The summed E-state index contributed by atoms with van der Waals surface area (Å²) in [4.78, 5) is 4.50. The Morgan fingerprint density at radius 2 is 2.24 bits per heavy atom. The van der Waals surface area contributed by atoms with E-state index in [0.717, 1.165) is 30.5 Å². The Bertz CT molecular complexity index is 362. The third kappa shape index (κ3) is 2.23. The van der Waals surface area contributed by atoms with Gasteiger partial charge in [0, 0.05) is 12.5 Å². The average Bonchev–Trinajstić information content (AvgIpc) is 2.94. The van der Waals surface area contributed by atoms with Crippen molar-refractivity contribution in [1.82, 2.24) is 15.5 Å². The van der Waals surface area contributed by atoms with Gasteiger partial charge in [-0.05, 0) is 31.6 Å². The van der Waals surface area contributed by atoms with E-state index >= 15 is 0 Å². The second-order valence-corrected chi connectivity index (χ2v) is 5.40. The highest BCUT2D eigenvalue weighted by Gasteiger charge is 2.37. The predicted octanol–water partition coefficient (Wildman–Crippen LogP) is 2.62. The lowest BCUT2D eigenvalue weighted by Gasteiger charge is -2.24. The minimum Gasteiger partial charge on any atom is -0.338 e. The molecule has 3 atom stereocenters. The Morgan fingerprint density at radius 1 is 1.35 bits per heavy atom. The summed E-state index contributed by atoms with van der Waals surface area (Å²) < 4.78 is 5.38. The van der Waals surface area contributed by atoms with Crippen molar-refractivity contribution in [3.63, 3.8) is 0 Å². The van der Waals surface area contributed by atoms with Gasteiger partial charge in [0.05, 0.1) is 6.04 Å². The van der Waals surface area contributed by atoms with Gasteiger partial charge in [0.1, 0.15) is 0 Å². The normalized spacial score (nSPS) is 32.6. The molecular weight excluding hydrogens is 214 g/mol. The molecule has 17 heavy (non-hydrogen) atoms. The van der Waals surface area contributed by atoms with Crippen LogP contribution in [0.15, 0.2) is 4.52 Å². The van der Waals surface area contributed by atoms with Crippen molar-refractivity contribution in [2.75, 3.05) is 0 Å². The largest absolute Gasteiger partial charge is 0.338 e. The summed E-state index contributed by atoms with van der Waals surface area (Å²) in [5.41, 5.74) is 0. The summed E-state index contributed by atoms with van der Waals surface area (Å²) in [7, 11) is 0. The van der Waals surface area contributed by atoms with Gasteiger partial charge in [0.25, 0.3) is 0 Å². The number of fused-ring (bicyclic) bond motifs is 1. The molecule has 3 rings (SSSR count). The van der Waals surface area contributed by atoms with E-state index in [1.54, 1.807) is 0 Å². The van der Waals surface area contributed by atoms with E-state index < -0.39 is 0 Å². The molecule has 2 heterocycles. The molecule has 1 aromatic heterocycles. The second kappa shape index (κ2) is 4.77. The highest BCUT2D eigenvalue weighted by molar-refractivity contribution is 5.01. The SMILES string of the molecule is CCCc1noc(C2CC3CCCCC3N2)n1. The van der Waals surface area contributed by atoms with Crippen LogP contribution in [0.1, 0.15) is 63.2 Å². The van der Waals surface area contributed by atoms with E-state index in [0.29, 0.717) is 12.1 Å². The molecule has 1 saturated carbocycles. The smallest absolute Gasteiger partial charge is 0.243 e. The molecule has 4 nitrogen and oxygen atoms in total. The first-order valence-corrected chi connectivity index (χ1v) is 6.95. The van der Waals surface area contributed by atoms with E-state index in [-0.39, 0.29) is 0 Å². The van der Waals surface area contributed by atoms with Gasteiger partial charge in [0.2, 0.25) is 5.89 Å². The third-order valence-electron chi connectivity index (χ3n) is 4.12. The van der Waals surface area contributed by atoms with Crippen LogP contribution in [0, 0.1) is 5.92 Å². The third-order valence-corrected chi connectivity index (χ3v) is 4.12. The Labute approximate surface area is 102 Å². The fourth-order valence-electron chi connectivity index (χ4n) is 3.24. The van der Waals surface area contributed by atoms with Crippen molar-refractivity contribution in [2.24, 2.45) is 5.92 Å². The van der Waals surface area contributed by atoms with Crippen LogP contribution >= 0.6 is 0 Å². The van der Waals surface area contributed by atoms with Crippen LogP contribution in [0.25, 0.3) is 0 Å². The minimum atomic E-state index is 0.307. The zero-order valence-electron chi connectivity index (χ0n) is 10.5. The zero-order chi connectivity index (χ0) is 11.7. The maximum atomic E-state index is 5.38. The lowest BCUT2D eigenvalue weighted by Crippen LogP contribution is -2.30. The van der Waals surface area contributed by atoms with Crippen LogP contribution < -0.4 is 5.32 Å². The maximum absolute atomic E-state index is 5.38. The van der Waals surface area contributed by atoms with Crippen molar-refractivity contribution in [3.05, 3.63) is 11.7 Å². The summed E-state index contributed by atoms with van der Waals surface area (Å²) in [5, 5.41) is 7.71. The molecule has 2 fully saturated rings. The van der Waals surface area contributed by atoms with E-state index in [1.807, 2.05) is 0 Å². The molecule has 2 aliphatic rings. The van der Waals surface area contributed by atoms with Crippen LogP contribution in [-0.4, -0.2) is 16.2 Å². The number of hydrogen-bond donors (Lipinski definition) is 1. The molecule has 0 aromatic carbocycles. The monoisotopic (exact) mass is 235 g/mol. The minimum absolute atomic E-state index is 0.307. The van der Waals surface area contributed by atoms with E-state index in [2.05, 4.69) is 22.4 Å². The fraction of sp³-hybridized carbons (Fsp3) is 0.846. The van der Waals surface area contributed by atoms with Gasteiger partial charge >= 0.3 is 0 Å². The molecule has 0 amide bonds. The Balaban J connectivity index is 1.68. The molecule has 3 unspecified atom stereocenters. The van der Waals surface area contributed by atoms with Gasteiger partial charge in [-0.2, -0.15) is 4.98 Å². The number of nitrogens with zero attached hydrogens (tertiary/aromatic N) is 2. The Morgan fingerprint density at radius 3 is 3.06 bits per heavy atom. The first-order valence-electron chi connectivity index (χ1n) is 6.95. The molecule has 1 aliphatic carbocycles. The fourth-order valence-corrected chi connectivity index (χ4v) is 3.24. The second-order valence-electron chi connectivity index (χ2n) is 5.40. The lowest BCUT2D eigenvalue weighted by atomic mass is 9.85. The first-order chi connectivity index (χ1) is 8.36. The summed E-state index contributed by atoms with van der Waals surface area (Å²) in [6.45, 7) is 2.14. The number of nitrogens with one attached hydrogen (secondary N) is 1. The van der Waals surface area contributed by atoms with Gasteiger partial charge in [-0.1, -0.05) is 24.9 Å². The molecule has 1 N–H and O–H groups in total. The quantitative estimate of drug-likeness (QED) is 0.875. The summed E-state index contributed by atoms with van der Waals surface area (Å²) in [6, 6.07) is 0.997. The summed E-state index contributed by atoms with van der Waals surface area (Å²) >= 11 is 0. The van der Waals surface area contributed by atoms with Crippen LogP contribution in [-0.2, 0) is 6.42 Å². The number of hydrogen-bond acceptors (Lipinski definition) is 4. The Hall–Kier alpha value is -0.900. The van der Waals surface area contributed by atoms with Gasteiger partial charge in [0.15, 0.2) is 5.82 Å². The maximum Gasteiger partial charge on any atom is 0.243 e. The van der Waals surface area contributed by atoms with Crippen LogP contribution in [0.3, 0.4) is 0 Å². The molecule has 0 bridgehead atoms. The first kappa shape index (κ1) is 11.2. The van der Waals surface area contributed by atoms with E-state index in [1.165, 1.54) is 32.1 Å². The van der Waals surface area contributed by atoms with E-state index in [4.69, 9.17) is 4.52 Å². The predicted molar refractivity (Wildman–Crippen MR) is 64.5 cm³/mol. The number of aromatic nitrogens is 2. The Kier molecular flexibility index (Phi) is 3.14. The molecule has 1 aromatic rings. The molecule has 1 saturated heterocycles. The molecule has 94 valence electrons. The molecular formula is C13H21N3O. The topological polar surface area (TPSA) is 51.0 Å². The average molecular weight is 235 g/mol. The van der Waals surface area contributed by atoms with Crippen molar-refractivity contribution in [1.29, 1.82) is 0 Å². The van der Waals surface area contributed by atoms with Crippen LogP contribution in [0.4, 0.5) is 0 Å². The zero-order valence-corrected chi connectivity index (χ0v) is 10.5. The summed E-state index contributed by atoms with van der Waals surface area (Å²) in [5.74, 6) is 2.50. The van der Waals surface area contributed by atoms with Gasteiger partial charge in [-0.25, -0.2) is 0 Å². The number of rotatable bonds is 3. The van der Waals surface area contributed by atoms with Crippen molar-refractivity contribution >= 4 is 0 Å².